The van der Waals surface area contributed by atoms with Crippen LogP contribution in [0.5, 0.6) is 0 Å². The van der Waals surface area contributed by atoms with Gasteiger partial charge in [0.15, 0.2) is 0 Å². The van der Waals surface area contributed by atoms with Crippen LogP contribution in [0.1, 0.15) is 22.3 Å². The van der Waals surface area contributed by atoms with Crippen LogP contribution in [0.3, 0.4) is 0 Å². The minimum Gasteiger partial charge on any atom is -0.385 e. The molecule has 0 aromatic heterocycles. The Morgan fingerprint density at radius 1 is 1.45 bits per heavy atom. The van der Waals surface area contributed by atoms with Crippen molar-refractivity contribution in [2.45, 2.75) is 18.2 Å². The van der Waals surface area contributed by atoms with Crippen LogP contribution in [-0.4, -0.2) is 34.6 Å². The number of nitrogens with one attached hydrogen (secondary N) is 1. The van der Waals surface area contributed by atoms with Gasteiger partial charge in [-0.25, -0.2) is 12.8 Å². The first-order valence-electron chi connectivity index (χ1n) is 5.79. The molecule has 112 valence electrons. The van der Waals surface area contributed by atoms with Crippen LogP contribution in [0.25, 0.3) is 0 Å². The smallest absolute Gasteiger partial charge is 0.261 e. The molecule has 5 nitrogen and oxygen atoms in total. The maximum Gasteiger partial charge on any atom is 0.261 e. The molecule has 0 aliphatic carbocycles. The lowest BCUT2D eigenvalue weighted by molar-refractivity contribution is 0.0944. The van der Waals surface area contributed by atoms with Gasteiger partial charge in [0, 0.05) is 30.9 Å². The van der Waals surface area contributed by atoms with E-state index in [0.29, 0.717) is 19.6 Å². The summed E-state index contributed by atoms with van der Waals surface area (Å²) < 4.78 is 41.2. The molecule has 20 heavy (non-hydrogen) atoms. The van der Waals surface area contributed by atoms with E-state index in [1.54, 1.807) is 0 Å². The van der Waals surface area contributed by atoms with Crippen molar-refractivity contribution >= 4 is 25.6 Å². The van der Waals surface area contributed by atoms with E-state index < -0.39 is 20.8 Å². The number of rotatable bonds is 6. The fourth-order valence-electron chi connectivity index (χ4n) is 1.56. The van der Waals surface area contributed by atoms with Gasteiger partial charge in [0.2, 0.25) is 0 Å². The molecule has 0 aliphatic rings. The van der Waals surface area contributed by atoms with Crippen molar-refractivity contribution in [3.63, 3.8) is 0 Å². The molecule has 0 radical (unpaired) electrons. The number of aryl methyl sites for hydroxylation is 1. The lowest BCUT2D eigenvalue weighted by Crippen LogP contribution is -2.26. The predicted octanol–water partition coefficient (Wildman–Crippen LogP) is 1.83. The molecule has 8 heteroatoms. The fourth-order valence-corrected chi connectivity index (χ4v) is 2.40. The normalized spacial score (nSPS) is 11.4. The van der Waals surface area contributed by atoms with Crippen molar-refractivity contribution in [3.8, 4) is 0 Å². The average molecular weight is 324 g/mol. The third-order valence-electron chi connectivity index (χ3n) is 2.57. The van der Waals surface area contributed by atoms with Gasteiger partial charge in [0.05, 0.1) is 10.5 Å². The van der Waals surface area contributed by atoms with Crippen LogP contribution in [0.4, 0.5) is 4.39 Å². The van der Waals surface area contributed by atoms with Gasteiger partial charge >= 0.3 is 0 Å². The summed E-state index contributed by atoms with van der Waals surface area (Å²) in [6.07, 6.45) is 0.566. The first-order chi connectivity index (χ1) is 9.27. The molecule has 0 saturated carbocycles. The molecular formula is C12H15ClFNO4S. The Morgan fingerprint density at radius 2 is 2.10 bits per heavy atom. The minimum absolute atomic E-state index is 0.0359. The highest BCUT2D eigenvalue weighted by Gasteiger charge is 2.19. The molecule has 1 N–H and O–H groups in total. The van der Waals surface area contributed by atoms with Crippen LogP contribution < -0.4 is 5.32 Å². The zero-order chi connectivity index (χ0) is 15.3. The second-order valence-corrected chi connectivity index (χ2v) is 6.71. The summed E-state index contributed by atoms with van der Waals surface area (Å²) in [5, 5.41) is 2.48. The number of hydrogen-bond acceptors (Lipinski definition) is 4. The van der Waals surface area contributed by atoms with Gasteiger partial charge in [-0.3, -0.25) is 4.79 Å². The molecule has 0 heterocycles. The highest BCUT2D eigenvalue weighted by molar-refractivity contribution is 8.13. The summed E-state index contributed by atoms with van der Waals surface area (Å²) in [5.41, 5.74) is -0.310. The summed E-state index contributed by atoms with van der Waals surface area (Å²) in [5.74, 6) is -1.46. The van der Waals surface area contributed by atoms with Crippen molar-refractivity contribution in [1.82, 2.24) is 5.32 Å². The molecule has 0 spiro atoms. The third kappa shape index (κ3) is 4.43. The van der Waals surface area contributed by atoms with Gasteiger partial charge in [0.25, 0.3) is 15.0 Å². The molecule has 0 unspecified atom stereocenters. The van der Waals surface area contributed by atoms with Crippen LogP contribution in [0.2, 0.25) is 0 Å². The summed E-state index contributed by atoms with van der Waals surface area (Å²) in [6.45, 7) is 2.11. The van der Waals surface area contributed by atoms with E-state index in [2.05, 4.69) is 5.32 Å². The molecular weight excluding hydrogens is 309 g/mol. The van der Waals surface area contributed by atoms with E-state index in [-0.39, 0.29) is 16.0 Å². The van der Waals surface area contributed by atoms with E-state index >= 15 is 0 Å². The largest absolute Gasteiger partial charge is 0.385 e. The quantitative estimate of drug-likeness (QED) is 0.640. The molecule has 0 atom stereocenters. The zero-order valence-electron chi connectivity index (χ0n) is 11.1. The van der Waals surface area contributed by atoms with Gasteiger partial charge < -0.3 is 10.1 Å². The summed E-state index contributed by atoms with van der Waals surface area (Å²) in [7, 11) is 2.71. The highest BCUT2D eigenvalue weighted by Crippen LogP contribution is 2.22. The van der Waals surface area contributed by atoms with Gasteiger partial charge in [-0.1, -0.05) is 0 Å². The number of methoxy groups -OCH3 is 1. The molecule has 1 rings (SSSR count). The number of carbonyl (C=O) groups excluding carboxylic acids is 1. The van der Waals surface area contributed by atoms with Gasteiger partial charge in [0.1, 0.15) is 5.82 Å². The lowest BCUT2D eigenvalue weighted by Gasteiger charge is -2.09. The van der Waals surface area contributed by atoms with Crippen molar-refractivity contribution in [2.24, 2.45) is 0 Å². The molecule has 1 amide bonds. The van der Waals surface area contributed by atoms with Gasteiger partial charge in [-0.2, -0.15) is 0 Å². The molecule has 0 aliphatic heterocycles. The van der Waals surface area contributed by atoms with Gasteiger partial charge in [-0.15, -0.1) is 0 Å². The van der Waals surface area contributed by atoms with E-state index in [1.165, 1.54) is 14.0 Å². The SMILES string of the molecule is COCCCNC(=O)c1cc(S(=O)(=O)Cl)cc(C)c1F. The number of benzene rings is 1. The second-order valence-electron chi connectivity index (χ2n) is 4.14. The van der Waals surface area contributed by atoms with Crippen LogP contribution in [0, 0.1) is 12.7 Å². The minimum atomic E-state index is -4.02. The number of ether oxygens (including phenoxy) is 1. The molecule has 0 fully saturated rings. The number of halogens is 2. The van der Waals surface area contributed by atoms with E-state index in [4.69, 9.17) is 15.4 Å². The number of hydrogen-bond donors (Lipinski definition) is 1. The molecule has 1 aromatic rings. The maximum absolute atomic E-state index is 13.9. The topological polar surface area (TPSA) is 72.5 Å². The standard InChI is InChI=1S/C12H15ClFNO4S/c1-8-6-9(20(13,17)18)7-10(11(8)14)12(16)15-4-3-5-19-2/h6-7H,3-5H2,1-2H3,(H,15,16). The molecule has 0 saturated heterocycles. The van der Waals surface area contributed by atoms with E-state index in [9.17, 15) is 17.6 Å². The Hall–Kier alpha value is -1.18. The summed E-state index contributed by atoms with van der Waals surface area (Å²) >= 11 is 0. The summed E-state index contributed by atoms with van der Waals surface area (Å²) in [6, 6.07) is 2.01. The Kier molecular flexibility index (Phi) is 5.91. The average Bonchev–Trinajstić information content (AvgIpc) is 2.36. The van der Waals surface area contributed by atoms with E-state index in [0.717, 1.165) is 12.1 Å². The summed E-state index contributed by atoms with van der Waals surface area (Å²) in [4.78, 5) is 11.5. The number of carbonyl (C=O) groups is 1. The van der Waals surface area contributed by atoms with Crippen molar-refractivity contribution in [2.75, 3.05) is 20.3 Å². The fraction of sp³-hybridized carbons (Fsp3) is 0.417. The lowest BCUT2D eigenvalue weighted by atomic mass is 10.1. The maximum atomic E-state index is 13.9. The van der Waals surface area contributed by atoms with Crippen molar-refractivity contribution < 1.29 is 22.3 Å². The highest BCUT2D eigenvalue weighted by atomic mass is 35.7. The van der Waals surface area contributed by atoms with Gasteiger partial charge in [-0.05, 0) is 31.0 Å². The zero-order valence-corrected chi connectivity index (χ0v) is 12.6. The Balaban J connectivity index is 2.99. The first kappa shape index (κ1) is 16.9. The predicted molar refractivity (Wildman–Crippen MR) is 73.0 cm³/mol. The van der Waals surface area contributed by atoms with E-state index in [1.807, 2.05) is 0 Å². The van der Waals surface area contributed by atoms with Crippen LogP contribution >= 0.6 is 10.7 Å². The molecule has 1 aromatic carbocycles. The van der Waals surface area contributed by atoms with Crippen LogP contribution in [-0.2, 0) is 13.8 Å². The third-order valence-corrected chi connectivity index (χ3v) is 3.90. The monoisotopic (exact) mass is 323 g/mol. The molecule has 0 bridgehead atoms. The Labute approximate surface area is 121 Å². The Morgan fingerprint density at radius 3 is 2.65 bits per heavy atom. The first-order valence-corrected chi connectivity index (χ1v) is 8.10. The van der Waals surface area contributed by atoms with Crippen molar-refractivity contribution in [3.05, 3.63) is 29.1 Å². The number of amides is 1. The van der Waals surface area contributed by atoms with Crippen molar-refractivity contribution in [1.29, 1.82) is 0 Å². The second kappa shape index (κ2) is 7.01. The Bertz CT molecular complexity index is 604. The van der Waals surface area contributed by atoms with Crippen LogP contribution in [0.15, 0.2) is 17.0 Å².